The van der Waals surface area contributed by atoms with Gasteiger partial charge in [-0.25, -0.2) is 4.40 Å². The predicted molar refractivity (Wildman–Crippen MR) is 137 cm³/mol. The van der Waals surface area contributed by atoms with Crippen LogP contribution in [0.1, 0.15) is 31.9 Å². The Hall–Kier alpha value is -2.96. The topological polar surface area (TPSA) is 122 Å². The molecule has 1 aromatic carbocycles. The molecule has 1 fully saturated rings. The Balaban J connectivity index is 1.32. The summed E-state index contributed by atoms with van der Waals surface area (Å²) in [7, 11) is 0. The molecule has 11 nitrogen and oxygen atoms in total. The summed E-state index contributed by atoms with van der Waals surface area (Å²) in [4.78, 5) is 23.9. The summed E-state index contributed by atoms with van der Waals surface area (Å²) in [5.41, 5.74) is 2.32. The van der Waals surface area contributed by atoms with Crippen LogP contribution in [0.5, 0.6) is 0 Å². The molecule has 0 spiro atoms. The van der Waals surface area contributed by atoms with E-state index < -0.39 is 0 Å². The van der Waals surface area contributed by atoms with Gasteiger partial charge in [-0.1, -0.05) is 36.0 Å². The lowest BCUT2D eigenvalue weighted by atomic mass is 10.1. The molecule has 3 heterocycles. The Labute approximate surface area is 209 Å². The van der Waals surface area contributed by atoms with Crippen LogP contribution < -0.4 is 16.0 Å². The van der Waals surface area contributed by atoms with Gasteiger partial charge in [-0.15, -0.1) is 10.2 Å². The molecule has 0 aliphatic carbocycles. The smallest absolute Gasteiger partial charge is 0.261 e. The minimum Gasteiger partial charge on any atom is -0.376 e. The van der Waals surface area contributed by atoms with Crippen LogP contribution in [0.15, 0.2) is 29.4 Å². The minimum atomic E-state index is -0.0747. The van der Waals surface area contributed by atoms with Gasteiger partial charge in [0.25, 0.3) is 5.78 Å². The molecule has 1 amide bonds. The molecule has 0 saturated carbocycles. The van der Waals surface area contributed by atoms with Crippen molar-refractivity contribution in [2.45, 2.75) is 45.1 Å². The van der Waals surface area contributed by atoms with Gasteiger partial charge in [-0.05, 0) is 31.9 Å². The maximum Gasteiger partial charge on any atom is 0.261 e. The number of hydrogen-bond donors (Lipinski definition) is 3. The molecule has 1 aliphatic heterocycles. The molecule has 1 unspecified atom stereocenters. The van der Waals surface area contributed by atoms with Gasteiger partial charge in [0, 0.05) is 39.3 Å². The highest BCUT2D eigenvalue weighted by Gasteiger charge is 2.17. The third-order valence-corrected chi connectivity index (χ3v) is 6.39. The number of rotatable bonds is 11. The third-order valence-electron chi connectivity index (χ3n) is 5.46. The van der Waals surface area contributed by atoms with Crippen molar-refractivity contribution in [1.29, 1.82) is 0 Å². The number of benzene rings is 1. The van der Waals surface area contributed by atoms with Crippen molar-refractivity contribution in [1.82, 2.24) is 34.8 Å². The fourth-order valence-corrected chi connectivity index (χ4v) is 4.67. The summed E-state index contributed by atoms with van der Waals surface area (Å²) in [5, 5.41) is 18.3. The largest absolute Gasteiger partial charge is 0.376 e. The number of nitrogens with zero attached hydrogens (tertiary/aromatic N) is 6. The summed E-state index contributed by atoms with van der Waals surface area (Å²) >= 11 is 1.30. The van der Waals surface area contributed by atoms with E-state index in [4.69, 9.17) is 4.74 Å². The number of thioether (sulfide) groups is 1. The number of fused-ring (bicyclic) bond motifs is 1. The fraction of sp³-hybridized carbons (Fsp3) is 0.522. The molecule has 3 N–H and O–H groups in total. The highest BCUT2D eigenvalue weighted by Crippen LogP contribution is 2.21. The van der Waals surface area contributed by atoms with Crippen molar-refractivity contribution >= 4 is 35.3 Å². The monoisotopic (exact) mass is 499 g/mol. The van der Waals surface area contributed by atoms with E-state index in [0.717, 1.165) is 31.8 Å². The molecule has 4 rings (SSSR count). The highest BCUT2D eigenvalue weighted by atomic mass is 32.2. The molecular formula is C23H33N9O2S. The zero-order chi connectivity index (χ0) is 24.6. The number of ether oxygens (including phenoxy) is 1. The molecule has 12 heteroatoms. The maximum absolute atomic E-state index is 12.6. The lowest BCUT2D eigenvalue weighted by Crippen LogP contribution is -2.40. The van der Waals surface area contributed by atoms with E-state index in [0.29, 0.717) is 42.5 Å². The first-order valence-electron chi connectivity index (χ1n) is 12.0. The number of aromatic nitrogens is 5. The molecule has 188 valence electrons. The number of amides is 1. The average molecular weight is 500 g/mol. The maximum atomic E-state index is 12.6. The first-order chi connectivity index (χ1) is 17.1. The second-order valence-electron chi connectivity index (χ2n) is 8.35. The van der Waals surface area contributed by atoms with Crippen LogP contribution in [-0.2, 0) is 22.6 Å². The van der Waals surface area contributed by atoms with Crippen LogP contribution in [0.4, 0.5) is 11.9 Å². The lowest BCUT2D eigenvalue weighted by molar-refractivity contribution is -0.118. The lowest BCUT2D eigenvalue weighted by Gasteiger charge is -2.31. The summed E-state index contributed by atoms with van der Waals surface area (Å²) in [6.07, 6.45) is 0.265. The van der Waals surface area contributed by atoms with E-state index in [1.165, 1.54) is 17.3 Å². The molecule has 0 radical (unpaired) electrons. The van der Waals surface area contributed by atoms with Crippen molar-refractivity contribution in [2.24, 2.45) is 0 Å². The van der Waals surface area contributed by atoms with Crippen LogP contribution in [0.25, 0.3) is 5.78 Å². The zero-order valence-corrected chi connectivity index (χ0v) is 21.3. The summed E-state index contributed by atoms with van der Waals surface area (Å²) in [5.74, 6) is 1.65. The number of nitrogens with one attached hydrogen (secondary N) is 3. The SMILES string of the molecule is CCNc1nc(NCC)n2c(SCC(=O)NCc3cccc(CN4CCOC(C)C4)c3)nnc2n1. The van der Waals surface area contributed by atoms with Crippen molar-refractivity contribution in [3.63, 3.8) is 0 Å². The quantitative estimate of drug-likeness (QED) is 0.338. The summed E-state index contributed by atoms with van der Waals surface area (Å²) < 4.78 is 7.36. The van der Waals surface area contributed by atoms with Crippen molar-refractivity contribution in [3.05, 3.63) is 35.4 Å². The zero-order valence-electron chi connectivity index (χ0n) is 20.5. The second-order valence-corrected chi connectivity index (χ2v) is 9.29. The van der Waals surface area contributed by atoms with Gasteiger partial charge in [0.1, 0.15) is 0 Å². The molecule has 1 atom stereocenters. The highest BCUT2D eigenvalue weighted by molar-refractivity contribution is 7.99. The van der Waals surface area contributed by atoms with Crippen LogP contribution in [0.3, 0.4) is 0 Å². The van der Waals surface area contributed by atoms with Crippen LogP contribution in [0.2, 0.25) is 0 Å². The van der Waals surface area contributed by atoms with Gasteiger partial charge < -0.3 is 20.7 Å². The van der Waals surface area contributed by atoms with E-state index in [9.17, 15) is 4.79 Å². The van der Waals surface area contributed by atoms with E-state index in [1.54, 1.807) is 4.40 Å². The van der Waals surface area contributed by atoms with Crippen molar-refractivity contribution < 1.29 is 9.53 Å². The van der Waals surface area contributed by atoms with E-state index >= 15 is 0 Å². The van der Waals surface area contributed by atoms with E-state index in [2.05, 4.69) is 60.1 Å². The van der Waals surface area contributed by atoms with Crippen LogP contribution >= 0.6 is 11.8 Å². The number of anilines is 2. The van der Waals surface area contributed by atoms with Gasteiger partial charge in [-0.2, -0.15) is 9.97 Å². The standard InChI is InChI=1S/C23H33N9O2S/c1-4-24-20-27-21(25-5-2)32-22(28-20)29-30-23(32)35-15-19(33)26-12-17-7-6-8-18(11-17)14-31-9-10-34-16(3)13-31/h6-8,11,16H,4-5,9-10,12-15H2,1-3H3,(H,26,33)(H2,24,25,27,28,29). The van der Waals surface area contributed by atoms with Gasteiger partial charge >= 0.3 is 0 Å². The van der Waals surface area contributed by atoms with E-state index in [1.807, 2.05) is 26.0 Å². The van der Waals surface area contributed by atoms with Crippen molar-refractivity contribution in [2.75, 3.05) is 49.2 Å². The number of morpholine rings is 1. The van der Waals surface area contributed by atoms with Gasteiger partial charge in [0.15, 0.2) is 5.16 Å². The summed E-state index contributed by atoms with van der Waals surface area (Å²) in [6, 6.07) is 8.36. The minimum absolute atomic E-state index is 0.0747. The first kappa shape index (κ1) is 25.1. The van der Waals surface area contributed by atoms with Crippen LogP contribution in [-0.4, -0.2) is 80.0 Å². The van der Waals surface area contributed by atoms with Gasteiger partial charge in [0.05, 0.1) is 18.5 Å². The van der Waals surface area contributed by atoms with Crippen LogP contribution in [0, 0.1) is 0 Å². The normalized spacial score (nSPS) is 16.4. The molecule has 2 aromatic heterocycles. The van der Waals surface area contributed by atoms with Gasteiger partial charge in [0.2, 0.25) is 17.8 Å². The fourth-order valence-electron chi connectivity index (χ4n) is 3.91. The third kappa shape index (κ3) is 6.80. The Bertz CT molecular complexity index is 1140. The first-order valence-corrected chi connectivity index (χ1v) is 13.0. The molecule has 1 saturated heterocycles. The number of hydrogen-bond acceptors (Lipinski definition) is 10. The van der Waals surface area contributed by atoms with E-state index in [-0.39, 0.29) is 17.8 Å². The van der Waals surface area contributed by atoms with Gasteiger partial charge in [-0.3, -0.25) is 9.69 Å². The van der Waals surface area contributed by atoms with Crippen molar-refractivity contribution in [3.8, 4) is 0 Å². The number of carbonyl (C=O) groups is 1. The Morgan fingerprint density at radius 2 is 2.00 bits per heavy atom. The molecular weight excluding hydrogens is 466 g/mol. The Morgan fingerprint density at radius 3 is 2.80 bits per heavy atom. The number of carbonyl (C=O) groups excluding carboxylic acids is 1. The average Bonchev–Trinajstić information content (AvgIpc) is 3.25. The molecule has 1 aliphatic rings. The Kier molecular flexibility index (Phi) is 8.72. The second kappa shape index (κ2) is 12.1. The Morgan fingerprint density at radius 1 is 1.17 bits per heavy atom. The molecule has 35 heavy (non-hydrogen) atoms. The predicted octanol–water partition coefficient (Wildman–Crippen LogP) is 2.01. The molecule has 3 aromatic rings. The summed E-state index contributed by atoms with van der Waals surface area (Å²) in [6.45, 7) is 11.5. The molecule has 0 bridgehead atoms.